The summed E-state index contributed by atoms with van der Waals surface area (Å²) in [5.41, 5.74) is 3.36. The number of rotatable bonds is 4. The molecule has 206 valence electrons. The first-order valence-corrected chi connectivity index (χ1v) is 14.0. The lowest BCUT2D eigenvalue weighted by Crippen LogP contribution is -2.58. The van der Waals surface area contributed by atoms with E-state index in [0.29, 0.717) is 35.6 Å². The lowest BCUT2D eigenvalue weighted by Gasteiger charge is -2.45. The molecule has 0 aliphatic carbocycles. The van der Waals surface area contributed by atoms with E-state index in [1.807, 2.05) is 0 Å². The normalized spacial score (nSPS) is 28.9. The number of benzene rings is 1. The largest absolute Gasteiger partial charge is 0.458 e. The minimum atomic E-state index is -3.51. The molecule has 2 saturated heterocycles. The standard InChI is InChI=1S/C26H30N6O6S/c1-25(2,3)38-24(34)19-7-9-26(10-11-27,15-37-19)32-18-8-12-28-23(33)21(18)22(30-32)29-17-5-6-20-16(13-17)14-31(4)39(20,35)36/h5-6,8,12-13,19,21H,7,9-10,14-15H2,1-4H3,(H,29,30)/t19-,21?,26-/m0/s1. The number of hydrogen-bond acceptors (Lipinski definition) is 9. The first-order chi connectivity index (χ1) is 18.3. The third-order valence-corrected chi connectivity index (χ3v) is 9.00. The molecule has 12 nitrogen and oxygen atoms in total. The second-order valence-corrected chi connectivity index (χ2v) is 13.1. The third kappa shape index (κ3) is 4.84. The number of nitrogens with zero attached hydrogens (tertiary/aromatic N) is 5. The van der Waals surface area contributed by atoms with Crippen molar-refractivity contribution >= 4 is 39.6 Å². The predicted octanol–water partition coefficient (Wildman–Crippen LogP) is 1.96. The number of amides is 1. The van der Waals surface area contributed by atoms with Crippen LogP contribution in [0.25, 0.3) is 0 Å². The maximum atomic E-state index is 12.9. The predicted molar refractivity (Wildman–Crippen MR) is 140 cm³/mol. The van der Waals surface area contributed by atoms with Gasteiger partial charge in [-0.15, -0.1) is 0 Å². The summed E-state index contributed by atoms with van der Waals surface area (Å²) in [7, 11) is -2.00. The van der Waals surface area contributed by atoms with Crippen LogP contribution in [0.4, 0.5) is 5.69 Å². The van der Waals surface area contributed by atoms with Crippen molar-refractivity contribution in [3.63, 3.8) is 0 Å². The van der Waals surface area contributed by atoms with Crippen LogP contribution in [-0.4, -0.2) is 72.6 Å². The van der Waals surface area contributed by atoms with Crippen molar-refractivity contribution in [1.29, 1.82) is 5.26 Å². The van der Waals surface area contributed by atoms with Gasteiger partial charge >= 0.3 is 5.97 Å². The van der Waals surface area contributed by atoms with Crippen LogP contribution in [0.1, 0.15) is 45.6 Å². The molecule has 1 aromatic rings. The van der Waals surface area contributed by atoms with Crippen LogP contribution in [0, 0.1) is 17.2 Å². The van der Waals surface area contributed by atoms with Crippen LogP contribution in [-0.2, 0) is 35.6 Å². The molecule has 0 bridgehead atoms. The Balaban J connectivity index is 1.44. The SMILES string of the molecule is CN1Cc2cc(N=C3NN([C@]4(CC#N)CC[C@@H](C(=O)OC(C)(C)C)OC4)C4=CC=NC(=O)C43)ccc2S1(=O)=O. The van der Waals surface area contributed by atoms with Crippen LogP contribution in [0.2, 0.25) is 0 Å². The van der Waals surface area contributed by atoms with Gasteiger partial charge in [-0.2, -0.15) is 9.57 Å². The molecule has 4 heterocycles. The maximum absolute atomic E-state index is 12.9. The fourth-order valence-electron chi connectivity index (χ4n) is 5.22. The Morgan fingerprint density at radius 2 is 2.15 bits per heavy atom. The molecule has 2 fully saturated rings. The first-order valence-electron chi connectivity index (χ1n) is 12.6. The summed E-state index contributed by atoms with van der Waals surface area (Å²) >= 11 is 0. The Morgan fingerprint density at radius 1 is 1.38 bits per heavy atom. The zero-order valence-electron chi connectivity index (χ0n) is 22.2. The molecule has 0 aromatic heterocycles. The molecule has 0 spiro atoms. The van der Waals surface area contributed by atoms with E-state index in [-0.39, 0.29) is 24.5 Å². The Kier molecular flexibility index (Phi) is 6.61. The molecular formula is C26H30N6O6S. The van der Waals surface area contributed by atoms with Crippen molar-refractivity contribution in [2.45, 2.75) is 68.7 Å². The number of fused-ring (bicyclic) bond motifs is 2. The number of carbonyl (C=O) groups is 2. The second kappa shape index (κ2) is 9.55. The molecular weight excluding hydrogens is 524 g/mol. The molecule has 0 saturated carbocycles. The molecule has 13 heteroatoms. The van der Waals surface area contributed by atoms with E-state index in [9.17, 15) is 23.3 Å². The minimum absolute atomic E-state index is 0.0448. The van der Waals surface area contributed by atoms with E-state index >= 15 is 0 Å². The van der Waals surface area contributed by atoms with Gasteiger partial charge in [-0.05, 0) is 63.5 Å². The number of ether oxygens (including phenoxy) is 2. The summed E-state index contributed by atoms with van der Waals surface area (Å²) in [4.78, 5) is 34.4. The highest BCUT2D eigenvalue weighted by Crippen LogP contribution is 2.40. The molecule has 5 rings (SSSR count). The smallest absolute Gasteiger partial charge is 0.335 e. The molecule has 39 heavy (non-hydrogen) atoms. The summed E-state index contributed by atoms with van der Waals surface area (Å²) in [6, 6.07) is 7.02. The highest BCUT2D eigenvalue weighted by Gasteiger charge is 2.52. The first kappa shape index (κ1) is 27.0. The summed E-state index contributed by atoms with van der Waals surface area (Å²) in [6.07, 6.45) is 3.16. The molecule has 1 unspecified atom stereocenters. The molecule has 4 aliphatic rings. The highest BCUT2D eigenvalue weighted by atomic mass is 32.2. The van der Waals surface area contributed by atoms with Gasteiger partial charge in [0.15, 0.2) is 6.10 Å². The van der Waals surface area contributed by atoms with Crippen molar-refractivity contribution in [2.75, 3.05) is 13.7 Å². The van der Waals surface area contributed by atoms with Crippen LogP contribution in [0.15, 0.2) is 44.9 Å². The monoisotopic (exact) mass is 554 g/mol. The Bertz CT molecular complexity index is 1460. The number of nitriles is 1. The number of esters is 1. The van der Waals surface area contributed by atoms with Gasteiger partial charge in [-0.1, -0.05) is 0 Å². The molecule has 1 N–H and O–H groups in total. The quantitative estimate of drug-likeness (QED) is 0.550. The Labute approximate surface area is 227 Å². The van der Waals surface area contributed by atoms with Crippen molar-refractivity contribution in [1.82, 2.24) is 14.7 Å². The zero-order chi connectivity index (χ0) is 28.2. The van der Waals surface area contributed by atoms with Gasteiger partial charge < -0.3 is 9.47 Å². The van der Waals surface area contributed by atoms with Gasteiger partial charge in [0.05, 0.1) is 40.9 Å². The lowest BCUT2D eigenvalue weighted by molar-refractivity contribution is -0.178. The molecule has 1 amide bonds. The van der Waals surface area contributed by atoms with Crippen LogP contribution >= 0.6 is 0 Å². The number of hydrogen-bond donors (Lipinski definition) is 1. The van der Waals surface area contributed by atoms with E-state index in [1.165, 1.54) is 23.6 Å². The van der Waals surface area contributed by atoms with Crippen molar-refractivity contribution in [3.05, 3.63) is 35.5 Å². The van der Waals surface area contributed by atoms with Gasteiger partial charge in [-0.3, -0.25) is 15.2 Å². The van der Waals surface area contributed by atoms with Crippen molar-refractivity contribution < 1.29 is 27.5 Å². The van der Waals surface area contributed by atoms with E-state index in [2.05, 4.69) is 21.5 Å². The fourth-order valence-corrected chi connectivity index (χ4v) is 6.56. The van der Waals surface area contributed by atoms with Crippen molar-refractivity contribution in [2.24, 2.45) is 15.9 Å². The van der Waals surface area contributed by atoms with Gasteiger partial charge in [0.2, 0.25) is 10.0 Å². The van der Waals surface area contributed by atoms with Crippen LogP contribution < -0.4 is 5.43 Å². The van der Waals surface area contributed by atoms with E-state index < -0.39 is 45.1 Å². The Hall–Kier alpha value is -3.60. The Morgan fingerprint density at radius 3 is 2.82 bits per heavy atom. The minimum Gasteiger partial charge on any atom is -0.458 e. The summed E-state index contributed by atoms with van der Waals surface area (Å²) in [5, 5.41) is 11.5. The molecule has 1 aromatic carbocycles. The number of sulfonamides is 1. The maximum Gasteiger partial charge on any atom is 0.335 e. The van der Waals surface area contributed by atoms with Gasteiger partial charge in [0.1, 0.15) is 17.4 Å². The fraction of sp³-hybridized carbons (Fsp3) is 0.500. The second-order valence-electron chi connectivity index (χ2n) is 11.1. The number of dihydropyridines is 1. The summed E-state index contributed by atoms with van der Waals surface area (Å²) < 4.78 is 37.6. The average Bonchev–Trinajstić information content (AvgIpc) is 3.33. The van der Waals surface area contributed by atoms with Crippen LogP contribution in [0.3, 0.4) is 0 Å². The van der Waals surface area contributed by atoms with Gasteiger partial charge in [0, 0.05) is 19.8 Å². The molecule has 4 aliphatic heterocycles. The third-order valence-electron chi connectivity index (χ3n) is 7.10. The molecule has 0 radical (unpaired) electrons. The number of amidine groups is 1. The lowest BCUT2D eigenvalue weighted by atomic mass is 9.85. The van der Waals surface area contributed by atoms with Crippen molar-refractivity contribution in [3.8, 4) is 6.07 Å². The number of hydrazine groups is 1. The van der Waals surface area contributed by atoms with Gasteiger partial charge in [0.25, 0.3) is 5.91 Å². The van der Waals surface area contributed by atoms with E-state index in [4.69, 9.17) is 9.47 Å². The topological polar surface area (TPSA) is 154 Å². The van der Waals surface area contributed by atoms with E-state index in [1.54, 1.807) is 44.0 Å². The number of allylic oxidation sites excluding steroid dienone is 1. The highest BCUT2D eigenvalue weighted by molar-refractivity contribution is 7.89. The summed E-state index contributed by atoms with van der Waals surface area (Å²) in [5.74, 6) is -1.39. The summed E-state index contributed by atoms with van der Waals surface area (Å²) in [6.45, 7) is 5.64. The zero-order valence-corrected chi connectivity index (χ0v) is 23.0. The number of carbonyl (C=O) groups excluding carboxylic acids is 2. The number of aliphatic imine (C=N–C) groups is 2. The van der Waals surface area contributed by atoms with E-state index in [0.717, 1.165) is 0 Å². The number of nitrogens with one attached hydrogen (secondary N) is 1. The average molecular weight is 555 g/mol. The molecule has 3 atom stereocenters. The van der Waals surface area contributed by atoms with Gasteiger partial charge in [-0.25, -0.2) is 23.2 Å². The van der Waals surface area contributed by atoms with Crippen LogP contribution in [0.5, 0.6) is 0 Å².